The maximum absolute atomic E-state index is 13.3. The minimum atomic E-state index is -5.87. The average Bonchev–Trinajstić information content (AvgIpc) is 2.18. The molecule has 0 saturated carbocycles. The molecular formula is C7H9F4NO5S. The van der Waals surface area contributed by atoms with Gasteiger partial charge in [0.15, 0.2) is 0 Å². The molecule has 1 saturated heterocycles. The van der Waals surface area contributed by atoms with Crippen molar-refractivity contribution in [2.24, 2.45) is 0 Å². The van der Waals surface area contributed by atoms with E-state index in [1.807, 2.05) is 0 Å². The summed E-state index contributed by atoms with van der Waals surface area (Å²) in [6.45, 7) is -1.03. The molecule has 2 atom stereocenters. The lowest BCUT2D eigenvalue weighted by Gasteiger charge is -2.32. The summed E-state index contributed by atoms with van der Waals surface area (Å²) in [5.74, 6) is 0. The molecule has 0 bridgehead atoms. The minimum Gasteiger partial charge on any atom is -0.465 e. The molecule has 0 aromatic carbocycles. The third-order valence-electron chi connectivity index (χ3n) is 2.29. The van der Waals surface area contributed by atoms with Crippen molar-refractivity contribution < 1.29 is 40.1 Å². The van der Waals surface area contributed by atoms with Gasteiger partial charge in [-0.15, -0.1) is 0 Å². The second-order valence-corrected chi connectivity index (χ2v) is 5.13. The Morgan fingerprint density at radius 2 is 1.94 bits per heavy atom. The average molecular weight is 295 g/mol. The fourth-order valence-corrected chi connectivity index (χ4v) is 2.03. The van der Waals surface area contributed by atoms with E-state index >= 15 is 0 Å². The van der Waals surface area contributed by atoms with Crippen molar-refractivity contribution in [3.05, 3.63) is 0 Å². The predicted molar refractivity (Wildman–Crippen MR) is 49.0 cm³/mol. The zero-order valence-corrected chi connectivity index (χ0v) is 9.54. The monoisotopic (exact) mass is 295 g/mol. The number of rotatable bonds is 2. The first kappa shape index (κ1) is 15.0. The SMILES string of the molecule is O=C(O)N1CC[C@H](OS(=O)(=O)C(F)(F)F)[C@H](F)C1. The van der Waals surface area contributed by atoms with Crippen LogP contribution in [0, 0.1) is 0 Å². The van der Waals surface area contributed by atoms with Crippen molar-refractivity contribution in [3.63, 3.8) is 0 Å². The Balaban J connectivity index is 2.69. The Morgan fingerprint density at radius 3 is 2.33 bits per heavy atom. The molecule has 0 spiro atoms. The number of halogens is 4. The largest absolute Gasteiger partial charge is 0.523 e. The minimum absolute atomic E-state index is 0.298. The van der Waals surface area contributed by atoms with Crippen LogP contribution in [0.25, 0.3) is 0 Å². The molecule has 11 heteroatoms. The summed E-state index contributed by atoms with van der Waals surface area (Å²) in [7, 11) is -5.87. The molecule has 0 aliphatic carbocycles. The fraction of sp³-hybridized carbons (Fsp3) is 0.857. The maximum atomic E-state index is 13.3. The Bertz CT molecular complexity index is 422. The molecular weight excluding hydrogens is 286 g/mol. The highest BCUT2D eigenvalue weighted by atomic mass is 32.2. The van der Waals surface area contributed by atoms with Crippen molar-refractivity contribution in [2.45, 2.75) is 24.2 Å². The van der Waals surface area contributed by atoms with Gasteiger partial charge in [-0.3, -0.25) is 4.18 Å². The van der Waals surface area contributed by atoms with Crippen LogP contribution in [0.4, 0.5) is 22.4 Å². The Labute approximate surface area is 99.2 Å². The Morgan fingerprint density at radius 1 is 1.39 bits per heavy atom. The van der Waals surface area contributed by atoms with Crippen LogP contribution in [0.15, 0.2) is 0 Å². The third kappa shape index (κ3) is 3.22. The van der Waals surface area contributed by atoms with Crippen LogP contribution in [-0.2, 0) is 14.3 Å². The first-order chi connectivity index (χ1) is 8.04. The van der Waals surface area contributed by atoms with Crippen LogP contribution in [0.3, 0.4) is 0 Å². The van der Waals surface area contributed by atoms with Gasteiger partial charge >= 0.3 is 21.7 Å². The third-order valence-corrected chi connectivity index (χ3v) is 3.35. The molecule has 1 aliphatic heterocycles. The molecule has 1 aliphatic rings. The van der Waals surface area contributed by atoms with Gasteiger partial charge in [-0.05, 0) is 6.42 Å². The number of amides is 1. The molecule has 0 aromatic rings. The lowest BCUT2D eigenvalue weighted by Crippen LogP contribution is -2.49. The predicted octanol–water partition coefficient (Wildman–Crippen LogP) is 0.943. The molecule has 106 valence electrons. The van der Waals surface area contributed by atoms with Gasteiger partial charge in [-0.1, -0.05) is 0 Å². The summed E-state index contributed by atoms with van der Waals surface area (Å²) in [6.07, 6.45) is -5.86. The van der Waals surface area contributed by atoms with E-state index in [-0.39, 0.29) is 6.54 Å². The van der Waals surface area contributed by atoms with Gasteiger partial charge in [0.2, 0.25) is 0 Å². The van der Waals surface area contributed by atoms with E-state index in [0.29, 0.717) is 4.90 Å². The van der Waals surface area contributed by atoms with Crippen LogP contribution < -0.4 is 0 Å². The van der Waals surface area contributed by atoms with E-state index in [0.717, 1.165) is 0 Å². The van der Waals surface area contributed by atoms with E-state index < -0.39 is 47.0 Å². The zero-order valence-electron chi connectivity index (χ0n) is 8.72. The molecule has 6 nitrogen and oxygen atoms in total. The highest BCUT2D eigenvalue weighted by molar-refractivity contribution is 7.87. The number of nitrogens with zero attached hydrogens (tertiary/aromatic N) is 1. The number of carbonyl (C=O) groups is 1. The van der Waals surface area contributed by atoms with Crippen molar-refractivity contribution in [2.75, 3.05) is 13.1 Å². The first-order valence-electron chi connectivity index (χ1n) is 4.66. The van der Waals surface area contributed by atoms with Gasteiger partial charge in [0.05, 0.1) is 6.54 Å². The van der Waals surface area contributed by atoms with E-state index in [4.69, 9.17) is 5.11 Å². The summed E-state index contributed by atoms with van der Waals surface area (Å²) in [6, 6.07) is 0. The van der Waals surface area contributed by atoms with Gasteiger partial charge < -0.3 is 10.0 Å². The smallest absolute Gasteiger partial charge is 0.465 e. The molecule has 0 aromatic heterocycles. The van der Waals surface area contributed by atoms with Crippen LogP contribution in [-0.4, -0.2) is 55.4 Å². The van der Waals surface area contributed by atoms with Crippen molar-refractivity contribution in [1.29, 1.82) is 0 Å². The van der Waals surface area contributed by atoms with Crippen LogP contribution in [0.2, 0.25) is 0 Å². The van der Waals surface area contributed by atoms with Crippen molar-refractivity contribution in [3.8, 4) is 0 Å². The summed E-state index contributed by atoms with van der Waals surface area (Å²) >= 11 is 0. The fourth-order valence-electron chi connectivity index (χ4n) is 1.38. The Hall–Kier alpha value is -1.10. The van der Waals surface area contributed by atoms with Gasteiger partial charge in [0, 0.05) is 6.54 Å². The Kier molecular flexibility index (Phi) is 4.05. The van der Waals surface area contributed by atoms with Gasteiger partial charge in [-0.25, -0.2) is 9.18 Å². The van der Waals surface area contributed by atoms with Crippen LogP contribution >= 0.6 is 0 Å². The summed E-state index contributed by atoms with van der Waals surface area (Å²) < 4.78 is 74.3. The highest BCUT2D eigenvalue weighted by Gasteiger charge is 2.50. The van der Waals surface area contributed by atoms with E-state index in [1.165, 1.54) is 0 Å². The molecule has 18 heavy (non-hydrogen) atoms. The van der Waals surface area contributed by atoms with Gasteiger partial charge in [0.1, 0.15) is 12.3 Å². The lowest BCUT2D eigenvalue weighted by molar-refractivity contribution is -0.0641. The normalized spacial score (nSPS) is 26.1. The number of hydrogen-bond donors (Lipinski definition) is 1. The second kappa shape index (κ2) is 4.88. The van der Waals surface area contributed by atoms with Gasteiger partial charge in [0.25, 0.3) is 0 Å². The van der Waals surface area contributed by atoms with Crippen molar-refractivity contribution in [1.82, 2.24) is 4.90 Å². The molecule has 0 radical (unpaired) electrons. The number of carboxylic acid groups (broad SMARTS) is 1. The van der Waals surface area contributed by atoms with Crippen LogP contribution in [0.5, 0.6) is 0 Å². The molecule has 1 amide bonds. The molecule has 1 N–H and O–H groups in total. The van der Waals surface area contributed by atoms with Crippen molar-refractivity contribution >= 4 is 16.2 Å². The molecule has 1 rings (SSSR count). The topological polar surface area (TPSA) is 83.9 Å². The van der Waals surface area contributed by atoms with Crippen LogP contribution in [0.1, 0.15) is 6.42 Å². The summed E-state index contributed by atoms with van der Waals surface area (Å²) in [5.41, 5.74) is -5.63. The van der Waals surface area contributed by atoms with E-state index in [2.05, 4.69) is 4.18 Å². The molecule has 1 fully saturated rings. The lowest BCUT2D eigenvalue weighted by atomic mass is 10.1. The maximum Gasteiger partial charge on any atom is 0.523 e. The van der Waals surface area contributed by atoms with Gasteiger partial charge in [-0.2, -0.15) is 21.6 Å². The second-order valence-electron chi connectivity index (χ2n) is 3.57. The number of likely N-dealkylation sites (tertiary alicyclic amines) is 1. The number of piperidine rings is 1. The first-order valence-corrected chi connectivity index (χ1v) is 6.07. The summed E-state index contributed by atoms with van der Waals surface area (Å²) in [4.78, 5) is 11.1. The summed E-state index contributed by atoms with van der Waals surface area (Å²) in [5, 5.41) is 8.52. The molecule has 0 unspecified atom stereocenters. The molecule has 1 heterocycles. The standard InChI is InChI=1S/C7H9F4NO5S/c8-4-3-12(6(13)14)2-1-5(4)17-18(15,16)7(9,10)11/h4-5H,1-3H2,(H,13,14)/t4-,5+/m1/s1. The number of alkyl halides is 4. The van der Waals surface area contributed by atoms with E-state index in [1.54, 1.807) is 0 Å². The number of hydrogen-bond acceptors (Lipinski definition) is 4. The van der Waals surface area contributed by atoms with E-state index in [9.17, 15) is 30.8 Å². The zero-order chi connectivity index (χ0) is 14.1. The highest BCUT2D eigenvalue weighted by Crippen LogP contribution is 2.29. The quantitative estimate of drug-likeness (QED) is 0.466.